The minimum atomic E-state index is -0.632. The second-order valence-electron chi connectivity index (χ2n) is 8.69. The van der Waals surface area contributed by atoms with Crippen LogP contribution in [0.2, 0.25) is 0 Å². The number of carbonyl (C=O) groups excluding carboxylic acids is 2. The third kappa shape index (κ3) is 4.15. The summed E-state index contributed by atoms with van der Waals surface area (Å²) in [5.41, 5.74) is 9.75. The lowest BCUT2D eigenvalue weighted by Gasteiger charge is -2.10. The van der Waals surface area contributed by atoms with Gasteiger partial charge in [0.25, 0.3) is 5.91 Å². The summed E-state index contributed by atoms with van der Waals surface area (Å²) in [6.07, 6.45) is 0.217. The standard InChI is InChI=1S/C29H24N2O5/c1-16-19(12-13-26(32)31-23-11-7-6-10-20(23)28(30)33)29(34)36-24-15-25-22(14-21(16)24)27(17(2)35-25)18-8-4-3-5-9-18/h3-11,14-15H,12-13H2,1-2H3,(H2,30,33)(H,31,32). The predicted octanol–water partition coefficient (Wildman–Crippen LogP) is 5.49. The smallest absolute Gasteiger partial charge is 0.339 e. The number of benzene rings is 3. The molecule has 5 aromatic rings. The summed E-state index contributed by atoms with van der Waals surface area (Å²) >= 11 is 0. The Bertz CT molecular complexity index is 1700. The van der Waals surface area contributed by atoms with Crippen LogP contribution in [0.15, 0.2) is 80.4 Å². The van der Waals surface area contributed by atoms with Gasteiger partial charge in [0.05, 0.1) is 11.3 Å². The Morgan fingerprint density at radius 3 is 2.33 bits per heavy atom. The number of fused-ring (bicyclic) bond motifs is 2. The third-order valence-electron chi connectivity index (χ3n) is 6.40. The summed E-state index contributed by atoms with van der Waals surface area (Å²) in [5.74, 6) is -0.192. The molecule has 7 heteroatoms. The summed E-state index contributed by atoms with van der Waals surface area (Å²) in [6.45, 7) is 3.77. The van der Waals surface area contributed by atoms with Crippen LogP contribution in [0.25, 0.3) is 33.1 Å². The normalized spacial score (nSPS) is 11.2. The molecule has 2 amide bonds. The Kier molecular flexibility index (Phi) is 5.90. The van der Waals surface area contributed by atoms with Crippen LogP contribution >= 0.6 is 0 Å². The molecule has 0 fully saturated rings. The zero-order chi connectivity index (χ0) is 25.4. The molecule has 2 heterocycles. The Balaban J connectivity index is 1.48. The fourth-order valence-electron chi connectivity index (χ4n) is 4.61. The molecule has 0 unspecified atom stereocenters. The molecule has 0 radical (unpaired) electrons. The average molecular weight is 481 g/mol. The first kappa shape index (κ1) is 23.1. The number of amides is 2. The van der Waals surface area contributed by atoms with E-state index in [2.05, 4.69) is 5.32 Å². The number of nitrogens with two attached hydrogens (primary N) is 1. The minimum absolute atomic E-state index is 0.0343. The molecular weight excluding hydrogens is 456 g/mol. The van der Waals surface area contributed by atoms with Crippen molar-refractivity contribution in [2.45, 2.75) is 26.7 Å². The highest BCUT2D eigenvalue weighted by Crippen LogP contribution is 2.37. The van der Waals surface area contributed by atoms with E-state index in [0.717, 1.165) is 33.2 Å². The largest absolute Gasteiger partial charge is 0.461 e. The highest BCUT2D eigenvalue weighted by atomic mass is 16.4. The highest BCUT2D eigenvalue weighted by molar-refractivity contribution is 6.04. The molecule has 0 saturated carbocycles. The number of aryl methyl sites for hydroxylation is 2. The van der Waals surface area contributed by atoms with Gasteiger partial charge >= 0.3 is 5.63 Å². The van der Waals surface area contributed by atoms with E-state index >= 15 is 0 Å². The average Bonchev–Trinajstić information content (AvgIpc) is 3.18. The number of nitrogens with one attached hydrogen (secondary N) is 1. The molecule has 2 aromatic heterocycles. The molecule has 3 N–H and O–H groups in total. The maximum absolute atomic E-state index is 12.8. The lowest BCUT2D eigenvalue weighted by Crippen LogP contribution is -2.19. The van der Waals surface area contributed by atoms with E-state index in [1.165, 1.54) is 0 Å². The number of hydrogen-bond donors (Lipinski definition) is 2. The number of para-hydroxylation sites is 1. The lowest BCUT2D eigenvalue weighted by molar-refractivity contribution is -0.116. The van der Waals surface area contributed by atoms with E-state index in [0.29, 0.717) is 22.4 Å². The van der Waals surface area contributed by atoms with Crippen molar-refractivity contribution < 1.29 is 18.4 Å². The maximum Gasteiger partial charge on any atom is 0.339 e. The quantitative estimate of drug-likeness (QED) is 0.312. The van der Waals surface area contributed by atoms with E-state index in [1.54, 1.807) is 30.3 Å². The van der Waals surface area contributed by atoms with Crippen LogP contribution in [0, 0.1) is 13.8 Å². The van der Waals surface area contributed by atoms with Gasteiger partial charge in [0.15, 0.2) is 0 Å². The minimum Gasteiger partial charge on any atom is -0.461 e. The number of anilines is 1. The number of furan rings is 1. The van der Waals surface area contributed by atoms with Crippen molar-refractivity contribution >= 4 is 39.4 Å². The Labute approximate surface area is 206 Å². The first-order valence-electron chi connectivity index (χ1n) is 11.6. The number of carbonyl (C=O) groups is 2. The van der Waals surface area contributed by atoms with Crippen LogP contribution in [-0.2, 0) is 11.2 Å². The molecule has 0 spiro atoms. The predicted molar refractivity (Wildman–Crippen MR) is 139 cm³/mol. The van der Waals surface area contributed by atoms with Crippen molar-refractivity contribution in [2.75, 3.05) is 5.32 Å². The molecule has 7 nitrogen and oxygen atoms in total. The topological polar surface area (TPSA) is 116 Å². The van der Waals surface area contributed by atoms with Crippen molar-refractivity contribution in [2.24, 2.45) is 5.73 Å². The molecule has 0 aliphatic carbocycles. The first-order chi connectivity index (χ1) is 17.3. The van der Waals surface area contributed by atoms with Gasteiger partial charge in [0.2, 0.25) is 5.91 Å². The molecule has 0 aliphatic rings. The van der Waals surface area contributed by atoms with Crippen molar-refractivity contribution in [3.8, 4) is 11.1 Å². The second kappa shape index (κ2) is 9.19. The van der Waals surface area contributed by atoms with Crippen LogP contribution in [0.5, 0.6) is 0 Å². The Morgan fingerprint density at radius 2 is 1.58 bits per heavy atom. The van der Waals surface area contributed by atoms with Gasteiger partial charge < -0.3 is 19.9 Å². The van der Waals surface area contributed by atoms with Gasteiger partial charge in [-0.05, 0) is 49.6 Å². The summed E-state index contributed by atoms with van der Waals surface area (Å²) in [6, 6.07) is 20.2. The van der Waals surface area contributed by atoms with Crippen LogP contribution in [0.3, 0.4) is 0 Å². The molecule has 36 heavy (non-hydrogen) atoms. The summed E-state index contributed by atoms with van der Waals surface area (Å²) in [5, 5.41) is 4.42. The van der Waals surface area contributed by atoms with E-state index in [-0.39, 0.29) is 24.3 Å². The third-order valence-corrected chi connectivity index (χ3v) is 6.40. The monoisotopic (exact) mass is 480 g/mol. The van der Waals surface area contributed by atoms with Crippen molar-refractivity contribution in [3.05, 3.63) is 99.6 Å². The SMILES string of the molecule is Cc1oc2cc3oc(=O)c(CCC(=O)Nc4ccccc4C(N)=O)c(C)c3cc2c1-c1ccccc1. The Hall–Kier alpha value is -4.65. The zero-order valence-electron chi connectivity index (χ0n) is 19.9. The van der Waals surface area contributed by atoms with Crippen LogP contribution in [0.4, 0.5) is 5.69 Å². The van der Waals surface area contributed by atoms with Crippen molar-refractivity contribution in [1.82, 2.24) is 0 Å². The molecule has 0 aliphatic heterocycles. The van der Waals surface area contributed by atoms with E-state index in [9.17, 15) is 14.4 Å². The van der Waals surface area contributed by atoms with Crippen LogP contribution < -0.4 is 16.7 Å². The van der Waals surface area contributed by atoms with E-state index < -0.39 is 11.5 Å². The maximum atomic E-state index is 12.8. The van der Waals surface area contributed by atoms with E-state index in [1.807, 2.05) is 50.2 Å². The second-order valence-corrected chi connectivity index (χ2v) is 8.69. The van der Waals surface area contributed by atoms with Gasteiger partial charge in [0.1, 0.15) is 16.9 Å². The van der Waals surface area contributed by atoms with Gasteiger partial charge in [-0.3, -0.25) is 9.59 Å². The van der Waals surface area contributed by atoms with Gasteiger partial charge in [-0.1, -0.05) is 42.5 Å². The summed E-state index contributed by atoms with van der Waals surface area (Å²) < 4.78 is 11.6. The molecule has 0 bridgehead atoms. The first-order valence-corrected chi connectivity index (χ1v) is 11.6. The van der Waals surface area contributed by atoms with Gasteiger partial charge in [-0.15, -0.1) is 0 Å². The number of primary amides is 1. The lowest BCUT2D eigenvalue weighted by atomic mass is 9.98. The Morgan fingerprint density at radius 1 is 0.889 bits per heavy atom. The molecule has 180 valence electrons. The van der Waals surface area contributed by atoms with Gasteiger partial charge in [0, 0.05) is 34.4 Å². The zero-order valence-corrected chi connectivity index (χ0v) is 19.9. The summed E-state index contributed by atoms with van der Waals surface area (Å²) in [7, 11) is 0. The fourth-order valence-corrected chi connectivity index (χ4v) is 4.61. The van der Waals surface area contributed by atoms with Gasteiger partial charge in [-0.25, -0.2) is 4.79 Å². The molecule has 3 aromatic carbocycles. The van der Waals surface area contributed by atoms with Crippen molar-refractivity contribution in [3.63, 3.8) is 0 Å². The van der Waals surface area contributed by atoms with Crippen LogP contribution in [0.1, 0.15) is 33.7 Å². The van der Waals surface area contributed by atoms with Crippen LogP contribution in [-0.4, -0.2) is 11.8 Å². The van der Waals surface area contributed by atoms with Crippen molar-refractivity contribution in [1.29, 1.82) is 0 Å². The number of hydrogen-bond acceptors (Lipinski definition) is 5. The fraction of sp³-hybridized carbons (Fsp3) is 0.138. The molecule has 5 rings (SSSR count). The van der Waals surface area contributed by atoms with E-state index in [4.69, 9.17) is 14.6 Å². The molecular formula is C29H24N2O5. The molecule has 0 saturated heterocycles. The van der Waals surface area contributed by atoms with Gasteiger partial charge in [-0.2, -0.15) is 0 Å². The highest BCUT2D eigenvalue weighted by Gasteiger charge is 2.19. The number of rotatable bonds is 6. The molecule has 0 atom stereocenters. The summed E-state index contributed by atoms with van der Waals surface area (Å²) in [4.78, 5) is 37.0.